The van der Waals surface area contributed by atoms with Gasteiger partial charge in [-0.1, -0.05) is 0 Å². The third kappa shape index (κ3) is 14.6. The first-order chi connectivity index (χ1) is 12.4. The van der Waals surface area contributed by atoms with Gasteiger partial charge in [-0.3, -0.25) is 19.2 Å². The Kier molecular flexibility index (Phi) is 14.4. The summed E-state index contributed by atoms with van der Waals surface area (Å²) in [6, 6.07) is 0. The van der Waals surface area contributed by atoms with E-state index in [2.05, 4.69) is 26.0 Å². The molecule has 9 nitrogen and oxygen atoms in total. The first-order valence-corrected chi connectivity index (χ1v) is 8.78. The van der Waals surface area contributed by atoms with Crippen molar-refractivity contribution in [3.05, 3.63) is 10.6 Å². The molecule has 0 atom stereocenters. The molecule has 0 rings (SSSR count). The lowest BCUT2D eigenvalue weighted by atomic mass is 10.2. The molecule has 0 aliphatic heterocycles. The number of hydrogen-bond donors (Lipinski definition) is 2. The minimum atomic E-state index is -0.916. The highest BCUT2D eigenvalue weighted by molar-refractivity contribution is 9.12. The van der Waals surface area contributed by atoms with Gasteiger partial charge in [0.15, 0.2) is 5.78 Å². The van der Waals surface area contributed by atoms with E-state index in [9.17, 15) is 19.2 Å². The second-order valence-corrected chi connectivity index (χ2v) is 5.87. The molecule has 26 heavy (non-hydrogen) atoms. The van der Waals surface area contributed by atoms with Crippen LogP contribution in [0.1, 0.15) is 25.7 Å². The lowest BCUT2D eigenvalue weighted by Gasteiger charge is -2.05. The van der Waals surface area contributed by atoms with Gasteiger partial charge in [0.1, 0.15) is 0 Å². The topological polar surface area (TPSA) is 128 Å². The molecule has 10 heteroatoms. The third-order valence-electron chi connectivity index (χ3n) is 2.89. The molecule has 0 aromatic carbocycles. The van der Waals surface area contributed by atoms with Crippen molar-refractivity contribution in [3.63, 3.8) is 0 Å². The summed E-state index contributed by atoms with van der Waals surface area (Å²) in [5, 5.41) is 10.9. The second-order valence-electron chi connectivity index (χ2n) is 5.01. The number of halogens is 1. The van der Waals surface area contributed by atoms with Gasteiger partial charge in [-0.2, -0.15) is 0 Å². The van der Waals surface area contributed by atoms with Gasteiger partial charge in [0, 0.05) is 25.6 Å². The third-order valence-corrected chi connectivity index (χ3v) is 3.48. The normalized spacial score (nSPS) is 11.1. The SMILES string of the molecule is COC(=O)CCNC(=O)/C(Br)=C\C(=O)CCCOCCOCCC(=O)O. The first-order valence-electron chi connectivity index (χ1n) is 7.99. The molecular formula is C16H24BrNO8. The van der Waals surface area contributed by atoms with E-state index in [0.717, 1.165) is 0 Å². The number of carboxylic acid groups (broad SMARTS) is 1. The average molecular weight is 438 g/mol. The van der Waals surface area contributed by atoms with Gasteiger partial charge in [-0.25, -0.2) is 0 Å². The Morgan fingerprint density at radius 3 is 2.27 bits per heavy atom. The number of allylic oxidation sites excluding steroid dienone is 1. The molecule has 0 fully saturated rings. The quantitative estimate of drug-likeness (QED) is 0.218. The molecule has 0 bridgehead atoms. The summed E-state index contributed by atoms with van der Waals surface area (Å²) >= 11 is 3.02. The van der Waals surface area contributed by atoms with Gasteiger partial charge < -0.3 is 24.6 Å². The van der Waals surface area contributed by atoms with Crippen molar-refractivity contribution in [1.29, 1.82) is 0 Å². The predicted molar refractivity (Wildman–Crippen MR) is 94.8 cm³/mol. The minimum absolute atomic E-state index is 0.0494. The number of amides is 1. The molecule has 148 valence electrons. The Morgan fingerprint density at radius 1 is 1.00 bits per heavy atom. The molecule has 0 radical (unpaired) electrons. The second kappa shape index (κ2) is 15.5. The van der Waals surface area contributed by atoms with Crippen LogP contribution >= 0.6 is 15.9 Å². The van der Waals surface area contributed by atoms with Gasteiger partial charge in [0.05, 0.1) is 44.3 Å². The van der Waals surface area contributed by atoms with Crippen molar-refractivity contribution >= 4 is 39.6 Å². The number of carboxylic acids is 1. The summed E-state index contributed by atoms with van der Waals surface area (Å²) in [7, 11) is 1.26. The number of carbonyl (C=O) groups is 4. The molecule has 0 spiro atoms. The van der Waals surface area contributed by atoms with E-state index in [0.29, 0.717) is 26.2 Å². The Bertz CT molecular complexity index is 506. The van der Waals surface area contributed by atoms with Crippen molar-refractivity contribution in [2.45, 2.75) is 25.7 Å². The highest BCUT2D eigenvalue weighted by atomic mass is 79.9. The van der Waals surface area contributed by atoms with E-state index in [1.165, 1.54) is 13.2 Å². The molecule has 0 aliphatic rings. The van der Waals surface area contributed by atoms with Gasteiger partial charge >= 0.3 is 11.9 Å². The first kappa shape index (κ1) is 24.2. The zero-order chi connectivity index (χ0) is 19.8. The van der Waals surface area contributed by atoms with Crippen molar-refractivity contribution < 1.29 is 38.5 Å². The van der Waals surface area contributed by atoms with Gasteiger partial charge in [0.25, 0.3) is 5.91 Å². The summed E-state index contributed by atoms with van der Waals surface area (Å²) in [4.78, 5) is 44.6. The van der Waals surface area contributed by atoms with Crippen LogP contribution in [0.15, 0.2) is 10.6 Å². The largest absolute Gasteiger partial charge is 0.481 e. The van der Waals surface area contributed by atoms with Crippen LogP contribution in [0.4, 0.5) is 0 Å². The Balaban J connectivity index is 3.75. The maximum atomic E-state index is 11.7. The maximum absolute atomic E-state index is 11.7. The monoisotopic (exact) mass is 437 g/mol. The van der Waals surface area contributed by atoms with Crippen LogP contribution < -0.4 is 5.32 Å². The molecule has 0 aliphatic carbocycles. The molecule has 2 N–H and O–H groups in total. The van der Waals surface area contributed by atoms with E-state index in [4.69, 9.17) is 14.6 Å². The van der Waals surface area contributed by atoms with Crippen LogP contribution in [0.3, 0.4) is 0 Å². The van der Waals surface area contributed by atoms with E-state index in [1.54, 1.807) is 0 Å². The van der Waals surface area contributed by atoms with Gasteiger partial charge in [-0.15, -0.1) is 0 Å². The number of ether oxygens (including phenoxy) is 3. The zero-order valence-corrected chi connectivity index (χ0v) is 16.2. The number of hydrogen-bond acceptors (Lipinski definition) is 7. The van der Waals surface area contributed by atoms with Crippen LogP contribution in [0, 0.1) is 0 Å². The summed E-state index contributed by atoms with van der Waals surface area (Å²) in [6.07, 6.45) is 1.88. The van der Waals surface area contributed by atoms with Crippen LogP contribution in [0.2, 0.25) is 0 Å². The van der Waals surface area contributed by atoms with E-state index in [-0.39, 0.29) is 42.7 Å². The van der Waals surface area contributed by atoms with Gasteiger partial charge in [0.2, 0.25) is 0 Å². The highest BCUT2D eigenvalue weighted by Crippen LogP contribution is 2.07. The molecule has 0 saturated carbocycles. The molecule has 1 amide bonds. The summed E-state index contributed by atoms with van der Waals surface area (Å²) < 4.78 is 14.8. The van der Waals surface area contributed by atoms with E-state index in [1.807, 2.05) is 0 Å². The fourth-order valence-electron chi connectivity index (χ4n) is 1.57. The van der Waals surface area contributed by atoms with E-state index < -0.39 is 17.8 Å². The zero-order valence-electron chi connectivity index (χ0n) is 14.6. The molecule has 0 unspecified atom stereocenters. The van der Waals surface area contributed by atoms with Crippen molar-refractivity contribution in [1.82, 2.24) is 5.32 Å². The molecule has 0 aromatic heterocycles. The van der Waals surface area contributed by atoms with Crippen LogP contribution in [-0.4, -0.2) is 68.8 Å². The van der Waals surface area contributed by atoms with Crippen LogP contribution in [-0.2, 0) is 33.4 Å². The van der Waals surface area contributed by atoms with Gasteiger partial charge in [-0.05, 0) is 22.4 Å². The van der Waals surface area contributed by atoms with Crippen LogP contribution in [0.5, 0.6) is 0 Å². The van der Waals surface area contributed by atoms with Crippen molar-refractivity contribution in [2.75, 3.05) is 40.1 Å². The Labute approximate surface area is 160 Å². The number of esters is 1. The fraction of sp³-hybridized carbons (Fsp3) is 0.625. The smallest absolute Gasteiger partial charge is 0.307 e. The van der Waals surface area contributed by atoms with Crippen molar-refractivity contribution in [3.8, 4) is 0 Å². The standard InChI is InChI=1S/C16H24BrNO8/c1-24-15(22)4-6-18-16(23)13(17)11-12(19)3-2-7-25-9-10-26-8-5-14(20)21/h11H,2-10H2,1H3,(H,18,23)(H,20,21)/b13-11+. The highest BCUT2D eigenvalue weighted by Gasteiger charge is 2.09. The average Bonchev–Trinajstić information content (AvgIpc) is 2.59. The summed E-state index contributed by atoms with van der Waals surface area (Å²) in [6.45, 7) is 1.21. The van der Waals surface area contributed by atoms with E-state index >= 15 is 0 Å². The molecule has 0 aromatic rings. The number of rotatable bonds is 15. The summed E-state index contributed by atoms with van der Waals surface area (Å²) in [5.74, 6) is -2.08. The lowest BCUT2D eigenvalue weighted by molar-refractivity contribution is -0.140. The number of methoxy groups -OCH3 is 1. The predicted octanol–water partition coefficient (Wildman–Crippen LogP) is 0.802. The number of nitrogens with one attached hydrogen (secondary N) is 1. The number of aliphatic carboxylic acids is 1. The van der Waals surface area contributed by atoms with Crippen LogP contribution in [0.25, 0.3) is 0 Å². The number of ketones is 1. The minimum Gasteiger partial charge on any atom is -0.481 e. The lowest BCUT2D eigenvalue weighted by Crippen LogP contribution is -2.26. The van der Waals surface area contributed by atoms with Crippen molar-refractivity contribution in [2.24, 2.45) is 0 Å². The maximum Gasteiger partial charge on any atom is 0.307 e. The fourth-order valence-corrected chi connectivity index (χ4v) is 1.97. The number of carbonyl (C=O) groups excluding carboxylic acids is 3. The molecule has 0 heterocycles. The Hall–Kier alpha value is -1.78. The Morgan fingerprint density at radius 2 is 1.65 bits per heavy atom. The molecule has 0 saturated heterocycles. The molecular weight excluding hydrogens is 414 g/mol. The summed E-state index contributed by atoms with van der Waals surface area (Å²) in [5.41, 5.74) is 0.